The molecule has 0 fully saturated rings. The fourth-order valence-electron chi connectivity index (χ4n) is 1.74. The van der Waals surface area contributed by atoms with Crippen molar-refractivity contribution in [2.24, 2.45) is 5.73 Å². The summed E-state index contributed by atoms with van der Waals surface area (Å²) < 4.78 is 26.2. The molecule has 0 aromatic carbocycles. The molecule has 0 atom stereocenters. The van der Waals surface area contributed by atoms with Crippen molar-refractivity contribution in [3.05, 3.63) is 46.8 Å². The van der Waals surface area contributed by atoms with E-state index in [1.54, 1.807) is 25.1 Å². The second-order valence-electron chi connectivity index (χ2n) is 4.91. The first kappa shape index (κ1) is 15.4. The van der Waals surface area contributed by atoms with Crippen molar-refractivity contribution in [3.8, 4) is 0 Å². The van der Waals surface area contributed by atoms with E-state index < -0.39 is 10.0 Å². The fourth-order valence-corrected chi connectivity index (χ4v) is 2.88. The Kier molecular flexibility index (Phi) is 4.24. The maximum absolute atomic E-state index is 12.5. The molecule has 2 heterocycles. The van der Waals surface area contributed by atoms with Gasteiger partial charge in [0.15, 0.2) is 5.65 Å². The third-order valence-electron chi connectivity index (χ3n) is 2.93. The van der Waals surface area contributed by atoms with Crippen molar-refractivity contribution in [2.45, 2.75) is 27.3 Å². The van der Waals surface area contributed by atoms with Crippen molar-refractivity contribution in [1.82, 2.24) is 13.9 Å². The molecule has 0 bridgehead atoms. The van der Waals surface area contributed by atoms with Crippen molar-refractivity contribution >= 4 is 21.2 Å². The Hall–Kier alpha value is -1.99. The number of nitrogens with zero attached hydrogens (tertiary/aromatic N) is 3. The first-order valence-corrected chi connectivity index (χ1v) is 7.90. The molecule has 6 nitrogen and oxygen atoms in total. The Morgan fingerprint density at radius 3 is 2.67 bits per heavy atom. The molecule has 0 spiro atoms. The van der Waals surface area contributed by atoms with Gasteiger partial charge in [0.2, 0.25) is 0 Å². The van der Waals surface area contributed by atoms with E-state index in [1.807, 2.05) is 13.8 Å². The topological polar surface area (TPSA) is 90.9 Å². The van der Waals surface area contributed by atoms with Crippen molar-refractivity contribution in [2.75, 3.05) is 0 Å². The number of allylic oxidation sites excluding steroid dienone is 4. The van der Waals surface area contributed by atoms with E-state index in [0.29, 0.717) is 16.9 Å². The predicted octanol–water partition coefficient (Wildman–Crippen LogP) is 1.94. The van der Waals surface area contributed by atoms with Crippen LogP contribution in [-0.2, 0) is 16.6 Å². The molecular formula is C14H18N4O2S. The summed E-state index contributed by atoms with van der Waals surface area (Å²) >= 11 is 0. The van der Waals surface area contributed by atoms with Crippen molar-refractivity contribution < 1.29 is 8.42 Å². The number of hydrogen-bond acceptors (Lipinski definition) is 5. The molecule has 0 saturated heterocycles. The minimum absolute atomic E-state index is 0.242. The van der Waals surface area contributed by atoms with Gasteiger partial charge < -0.3 is 5.73 Å². The largest absolute Gasteiger partial charge is 0.325 e. The molecule has 2 rings (SSSR count). The molecule has 0 saturated carbocycles. The summed E-state index contributed by atoms with van der Waals surface area (Å²) in [5.74, 6) is 0. The van der Waals surface area contributed by atoms with Gasteiger partial charge >= 0.3 is 0 Å². The van der Waals surface area contributed by atoms with E-state index in [-0.39, 0.29) is 11.4 Å². The highest BCUT2D eigenvalue weighted by Gasteiger charge is 2.19. The van der Waals surface area contributed by atoms with Gasteiger partial charge in [-0.1, -0.05) is 11.6 Å². The smallest absolute Gasteiger partial charge is 0.265 e. The van der Waals surface area contributed by atoms with Crippen LogP contribution in [0.3, 0.4) is 0 Å². The highest BCUT2D eigenvalue weighted by Crippen LogP contribution is 2.18. The summed E-state index contributed by atoms with van der Waals surface area (Å²) in [5, 5.41) is 0. The first-order chi connectivity index (χ1) is 9.86. The molecule has 0 amide bonds. The summed E-state index contributed by atoms with van der Waals surface area (Å²) in [5.41, 5.74) is 7.96. The molecule has 0 unspecified atom stereocenters. The fraction of sp³-hybridized carbons (Fsp3) is 0.286. The molecule has 0 radical (unpaired) electrons. The van der Waals surface area contributed by atoms with Gasteiger partial charge in [-0.05, 0) is 32.9 Å². The monoisotopic (exact) mass is 306 g/mol. The minimum atomic E-state index is -3.64. The van der Waals surface area contributed by atoms with E-state index in [0.717, 1.165) is 9.55 Å². The maximum atomic E-state index is 12.5. The second kappa shape index (κ2) is 5.79. The van der Waals surface area contributed by atoms with Gasteiger partial charge in [-0.15, -0.1) is 0 Å². The Morgan fingerprint density at radius 2 is 2.05 bits per heavy atom. The standard InChI is InChI=1S/C14H18N4O2S/c1-10(2)4-5-11(3)21(19,20)18-7-6-13-14(18)16-9-12(8-15)17-13/h4-7,9H,8,15H2,1-3H3. The lowest BCUT2D eigenvalue weighted by molar-refractivity contribution is 0.595. The van der Waals surface area contributed by atoms with E-state index in [4.69, 9.17) is 5.73 Å². The van der Waals surface area contributed by atoms with Gasteiger partial charge in [0, 0.05) is 12.7 Å². The van der Waals surface area contributed by atoms with E-state index in [9.17, 15) is 8.42 Å². The Bertz CT molecular complexity index is 828. The summed E-state index contributed by atoms with van der Waals surface area (Å²) in [7, 11) is -3.64. The summed E-state index contributed by atoms with van der Waals surface area (Å²) in [6.45, 7) is 5.63. The molecule has 0 aliphatic heterocycles. The lowest BCUT2D eigenvalue weighted by Gasteiger charge is -2.06. The molecule has 7 heteroatoms. The van der Waals surface area contributed by atoms with Gasteiger partial charge in [0.05, 0.1) is 16.8 Å². The Balaban J connectivity index is 2.55. The molecule has 0 aliphatic carbocycles. The van der Waals surface area contributed by atoms with Crippen molar-refractivity contribution in [1.29, 1.82) is 0 Å². The SMILES string of the molecule is CC(C)=CC=C(C)S(=O)(=O)n1ccc2nc(CN)cnc21. The zero-order chi connectivity index (χ0) is 15.6. The second-order valence-corrected chi connectivity index (χ2v) is 6.90. The molecule has 2 aromatic heterocycles. The van der Waals surface area contributed by atoms with Crippen LogP contribution >= 0.6 is 0 Å². The molecule has 2 N–H and O–H groups in total. The summed E-state index contributed by atoms with van der Waals surface area (Å²) in [6, 6.07) is 1.62. The normalized spacial score (nSPS) is 12.7. The average Bonchev–Trinajstić information content (AvgIpc) is 2.87. The third-order valence-corrected chi connectivity index (χ3v) is 4.69. The highest BCUT2D eigenvalue weighted by molar-refractivity contribution is 7.93. The van der Waals surface area contributed by atoms with Crippen LogP contribution in [0.25, 0.3) is 11.2 Å². The van der Waals surface area contributed by atoms with Gasteiger partial charge in [-0.25, -0.2) is 22.4 Å². The average molecular weight is 306 g/mol. The van der Waals surface area contributed by atoms with E-state index >= 15 is 0 Å². The van der Waals surface area contributed by atoms with E-state index in [1.165, 1.54) is 12.4 Å². The van der Waals surface area contributed by atoms with Crippen LogP contribution in [0, 0.1) is 0 Å². The predicted molar refractivity (Wildman–Crippen MR) is 82.9 cm³/mol. The number of nitrogens with two attached hydrogens (primary N) is 1. The number of fused-ring (bicyclic) bond motifs is 1. The maximum Gasteiger partial charge on any atom is 0.265 e. The molecule has 2 aromatic rings. The molecule has 0 aliphatic rings. The Labute approximate surface area is 124 Å². The van der Waals surface area contributed by atoms with Gasteiger partial charge in [-0.2, -0.15) is 0 Å². The van der Waals surface area contributed by atoms with Gasteiger partial charge in [0.25, 0.3) is 10.0 Å². The van der Waals surface area contributed by atoms with Crippen LogP contribution in [0.2, 0.25) is 0 Å². The quantitative estimate of drug-likeness (QED) is 0.872. The van der Waals surface area contributed by atoms with Crippen molar-refractivity contribution in [3.63, 3.8) is 0 Å². The third kappa shape index (κ3) is 3.03. The van der Waals surface area contributed by atoms with Crippen LogP contribution in [-0.4, -0.2) is 22.4 Å². The molecular weight excluding hydrogens is 288 g/mol. The lowest BCUT2D eigenvalue weighted by Crippen LogP contribution is -2.13. The summed E-state index contributed by atoms with van der Waals surface area (Å²) in [4.78, 5) is 8.65. The highest BCUT2D eigenvalue weighted by atomic mass is 32.2. The zero-order valence-electron chi connectivity index (χ0n) is 12.2. The minimum Gasteiger partial charge on any atom is -0.325 e. The van der Waals surface area contributed by atoms with E-state index in [2.05, 4.69) is 9.97 Å². The zero-order valence-corrected chi connectivity index (χ0v) is 13.1. The van der Waals surface area contributed by atoms with Crippen LogP contribution in [0.1, 0.15) is 26.5 Å². The number of aromatic nitrogens is 3. The van der Waals surface area contributed by atoms with Crippen LogP contribution in [0.15, 0.2) is 41.1 Å². The molecule has 21 heavy (non-hydrogen) atoms. The molecule has 112 valence electrons. The van der Waals surface area contributed by atoms with Crippen LogP contribution in [0.4, 0.5) is 0 Å². The van der Waals surface area contributed by atoms with Crippen LogP contribution < -0.4 is 5.73 Å². The number of rotatable bonds is 4. The number of hydrogen-bond donors (Lipinski definition) is 1. The van der Waals surface area contributed by atoms with Gasteiger partial charge in [0.1, 0.15) is 5.52 Å². The summed E-state index contributed by atoms with van der Waals surface area (Å²) in [6.07, 6.45) is 6.29. The van der Waals surface area contributed by atoms with Crippen LogP contribution in [0.5, 0.6) is 0 Å². The Morgan fingerprint density at radius 1 is 1.33 bits per heavy atom. The van der Waals surface area contributed by atoms with Gasteiger partial charge in [-0.3, -0.25) is 0 Å². The lowest BCUT2D eigenvalue weighted by atomic mass is 10.3. The first-order valence-electron chi connectivity index (χ1n) is 6.46.